The first kappa shape index (κ1) is 29.4. The Morgan fingerprint density at radius 2 is 1.68 bits per heavy atom. The first-order valence-electron chi connectivity index (χ1n) is 14.4. The molecule has 2 heterocycles. The van der Waals surface area contributed by atoms with Crippen LogP contribution in [-0.4, -0.2) is 19.0 Å². The van der Waals surface area contributed by atoms with Crippen LogP contribution in [0.4, 0.5) is 11.4 Å². The van der Waals surface area contributed by atoms with E-state index in [1.165, 1.54) is 50.0 Å². The fourth-order valence-electron chi connectivity index (χ4n) is 5.76. The lowest BCUT2D eigenvalue weighted by atomic mass is 9.84. The fraction of sp³-hybridized carbons (Fsp3) is 0.333. The summed E-state index contributed by atoms with van der Waals surface area (Å²) in [4.78, 5) is 3.49. The highest BCUT2D eigenvalue weighted by Gasteiger charge is 2.34. The number of anilines is 1. The lowest BCUT2D eigenvalue weighted by Gasteiger charge is -2.20. The quantitative estimate of drug-likeness (QED) is 0.418. The van der Waals surface area contributed by atoms with Crippen LogP contribution in [0.25, 0.3) is 0 Å². The van der Waals surface area contributed by atoms with E-state index < -0.39 is 0 Å². The van der Waals surface area contributed by atoms with Crippen molar-refractivity contribution in [1.82, 2.24) is 4.90 Å². The van der Waals surface area contributed by atoms with Crippen LogP contribution in [0.15, 0.2) is 120 Å². The van der Waals surface area contributed by atoms with Gasteiger partial charge in [0.15, 0.2) is 0 Å². The van der Waals surface area contributed by atoms with Crippen LogP contribution in [-0.2, 0) is 10.8 Å². The van der Waals surface area contributed by atoms with Crippen LogP contribution in [0.1, 0.15) is 65.5 Å². The van der Waals surface area contributed by atoms with E-state index >= 15 is 0 Å². The molecule has 0 spiro atoms. The molecule has 0 radical (unpaired) electrons. The molecule has 0 amide bonds. The van der Waals surface area contributed by atoms with Gasteiger partial charge in [0, 0.05) is 53.7 Å². The highest BCUT2D eigenvalue weighted by Crippen LogP contribution is 2.43. The molecule has 4 heteroatoms. The van der Waals surface area contributed by atoms with Crippen molar-refractivity contribution < 1.29 is 10.6 Å². The Morgan fingerprint density at radius 1 is 0.975 bits per heavy atom. The summed E-state index contributed by atoms with van der Waals surface area (Å²) in [6, 6.07) is 16.9. The molecule has 0 fully saturated rings. The molecule has 0 saturated heterocycles. The predicted octanol–water partition coefficient (Wildman–Crippen LogP) is 6.50. The van der Waals surface area contributed by atoms with E-state index in [4.69, 9.17) is 0 Å². The minimum absolute atomic E-state index is 0.000680. The Kier molecular flexibility index (Phi) is 8.72. The van der Waals surface area contributed by atoms with Gasteiger partial charge in [0.2, 0.25) is 0 Å². The van der Waals surface area contributed by atoms with Gasteiger partial charge in [0.1, 0.15) is 23.8 Å². The Morgan fingerprint density at radius 3 is 2.27 bits per heavy atom. The normalized spacial score (nSPS) is 21.5. The largest absolute Gasteiger partial charge is 0.373 e. The SMILES string of the molecule is CC(C)(C)c1ccccc1[NH3+].CC=CC1=C([NH+]2C=CC(N(C)C)=C2)/C(=C/C=C2/Nc3ccccc3C2(C)C)CC1. The zero-order chi connectivity index (χ0) is 29.1. The van der Waals surface area contributed by atoms with Crippen LogP contribution >= 0.6 is 0 Å². The summed E-state index contributed by atoms with van der Waals surface area (Å²) < 4.78 is 0. The molecule has 5 rings (SSSR count). The summed E-state index contributed by atoms with van der Waals surface area (Å²) in [5, 5.41) is 3.64. The number of fused-ring (bicyclic) bond motifs is 1. The third kappa shape index (κ3) is 6.24. The van der Waals surface area contributed by atoms with Crippen molar-refractivity contribution in [3.63, 3.8) is 0 Å². The molecule has 1 atom stereocenters. The highest BCUT2D eigenvalue weighted by molar-refractivity contribution is 5.68. The van der Waals surface area contributed by atoms with Crippen LogP contribution in [0.3, 0.4) is 0 Å². The van der Waals surface area contributed by atoms with Gasteiger partial charge in [-0.3, -0.25) is 0 Å². The molecule has 1 unspecified atom stereocenters. The number of nitrogens with zero attached hydrogens (tertiary/aromatic N) is 1. The molecule has 40 heavy (non-hydrogen) atoms. The van der Waals surface area contributed by atoms with Gasteiger partial charge in [0.05, 0.1) is 5.70 Å². The van der Waals surface area contributed by atoms with Crippen LogP contribution in [0.2, 0.25) is 0 Å². The van der Waals surface area contributed by atoms with Crippen molar-refractivity contribution in [3.8, 4) is 0 Å². The van der Waals surface area contributed by atoms with E-state index in [0.717, 1.165) is 18.5 Å². The number of hydrogen-bond acceptors (Lipinski definition) is 2. The van der Waals surface area contributed by atoms with Gasteiger partial charge in [-0.2, -0.15) is 0 Å². The van der Waals surface area contributed by atoms with Crippen molar-refractivity contribution in [3.05, 3.63) is 131 Å². The van der Waals surface area contributed by atoms with Crippen LogP contribution in [0, 0.1) is 0 Å². The fourth-order valence-corrected chi connectivity index (χ4v) is 5.76. The lowest BCUT2D eigenvalue weighted by molar-refractivity contribution is -0.740. The van der Waals surface area contributed by atoms with Gasteiger partial charge in [0.25, 0.3) is 0 Å². The van der Waals surface area contributed by atoms with Gasteiger partial charge in [-0.1, -0.05) is 89.2 Å². The van der Waals surface area contributed by atoms with E-state index in [-0.39, 0.29) is 10.8 Å². The van der Waals surface area contributed by atoms with Crippen LogP contribution < -0.4 is 16.0 Å². The smallest absolute Gasteiger partial charge is 0.146 e. The second-order valence-corrected chi connectivity index (χ2v) is 12.6. The molecule has 0 aromatic heterocycles. The zero-order valence-corrected chi connectivity index (χ0v) is 25.7. The van der Waals surface area contributed by atoms with Crippen LogP contribution in [0.5, 0.6) is 0 Å². The topological polar surface area (TPSA) is 47.4 Å². The van der Waals surface area contributed by atoms with Crippen molar-refractivity contribution in [2.45, 2.75) is 65.2 Å². The van der Waals surface area contributed by atoms with Crippen molar-refractivity contribution in [1.29, 1.82) is 0 Å². The number of rotatable bonds is 4. The Balaban J connectivity index is 0.000000283. The summed E-state index contributed by atoms with van der Waals surface area (Å²) in [6.45, 7) is 13.3. The van der Waals surface area contributed by atoms with Gasteiger partial charge >= 0.3 is 0 Å². The van der Waals surface area contributed by atoms with E-state index in [9.17, 15) is 0 Å². The summed E-state index contributed by atoms with van der Waals surface area (Å²) in [6.07, 6.45) is 18.0. The molecule has 210 valence electrons. The first-order chi connectivity index (χ1) is 18.9. The molecular formula is C36H48N4+2. The van der Waals surface area contributed by atoms with Gasteiger partial charge in [-0.05, 0) is 49.0 Å². The zero-order valence-electron chi connectivity index (χ0n) is 25.7. The number of quaternary nitrogens is 2. The molecule has 2 aromatic rings. The minimum atomic E-state index is 0.000680. The number of para-hydroxylation sites is 1. The molecule has 1 aliphatic carbocycles. The van der Waals surface area contributed by atoms with E-state index in [1.807, 2.05) is 6.07 Å². The number of allylic oxidation sites excluding steroid dienone is 8. The van der Waals surface area contributed by atoms with Gasteiger partial charge < -0.3 is 16.0 Å². The second-order valence-electron chi connectivity index (χ2n) is 12.6. The molecule has 2 aliphatic heterocycles. The predicted molar refractivity (Wildman–Crippen MR) is 170 cm³/mol. The minimum Gasteiger partial charge on any atom is -0.373 e. The lowest BCUT2D eigenvalue weighted by Crippen LogP contribution is -3.00. The number of hydrogen-bond donors (Lipinski definition) is 3. The monoisotopic (exact) mass is 536 g/mol. The number of nitrogens with one attached hydrogen (secondary N) is 2. The van der Waals surface area contributed by atoms with Gasteiger partial charge in [-0.25, -0.2) is 4.90 Å². The second kappa shape index (κ2) is 11.9. The molecule has 4 nitrogen and oxygen atoms in total. The highest BCUT2D eigenvalue weighted by atomic mass is 15.2. The van der Waals surface area contributed by atoms with Crippen molar-refractivity contribution in [2.75, 3.05) is 19.4 Å². The summed E-state index contributed by atoms with van der Waals surface area (Å²) in [5.41, 5.74) is 16.1. The maximum Gasteiger partial charge on any atom is 0.146 e. The average Bonchev–Trinajstić information content (AvgIpc) is 3.59. The molecule has 0 saturated carbocycles. The van der Waals surface area contributed by atoms with E-state index in [0.29, 0.717) is 0 Å². The molecular weight excluding hydrogens is 488 g/mol. The maximum atomic E-state index is 3.99. The van der Waals surface area contributed by atoms with E-state index in [1.54, 1.807) is 0 Å². The number of likely N-dealkylation sites (N-methyl/N-ethyl adjacent to an activating group) is 1. The summed E-state index contributed by atoms with van der Waals surface area (Å²) in [5.74, 6) is 0. The maximum absolute atomic E-state index is 3.99. The summed E-state index contributed by atoms with van der Waals surface area (Å²) in [7, 11) is 4.20. The van der Waals surface area contributed by atoms with E-state index in [2.05, 4.69) is 157 Å². The average molecular weight is 537 g/mol. The van der Waals surface area contributed by atoms with Crippen molar-refractivity contribution >= 4 is 11.4 Å². The Bertz CT molecular complexity index is 1420. The molecule has 5 N–H and O–H groups in total. The molecule has 0 bridgehead atoms. The molecule has 3 aliphatic rings. The van der Waals surface area contributed by atoms with Gasteiger partial charge in [-0.15, -0.1) is 0 Å². The third-order valence-electron chi connectivity index (χ3n) is 8.04. The Labute approximate surface area is 242 Å². The third-order valence-corrected chi connectivity index (χ3v) is 8.04. The standard InChI is InChI=1S/C26H31N3.C10H15N/c1-6-9-19-12-13-20(25(19)29-17-16-21(18-29)28(4)5)14-15-24-26(2,3)22-10-7-8-11-23(22)27-24;1-10(2,3)8-6-4-5-7-9(8)11/h6-11,14-18,27H,12-13H2,1-5H3;4-7H,11H2,1-3H3/p+2/b9-6?,20-14+,24-15+;. The summed E-state index contributed by atoms with van der Waals surface area (Å²) >= 11 is 0. The molecule has 2 aromatic carbocycles. The van der Waals surface area contributed by atoms with Crippen molar-refractivity contribution in [2.24, 2.45) is 0 Å². The first-order valence-corrected chi connectivity index (χ1v) is 14.4. The Hall–Kier alpha value is -3.60. The number of benzene rings is 2.